The Morgan fingerprint density at radius 3 is 2.38 bits per heavy atom. The highest BCUT2D eigenvalue weighted by Gasteiger charge is 2.04. The first kappa shape index (κ1) is 12.2. The SMILES string of the molecule is Cc1ccc(CNC(=O)CCC(=O)O)cc1. The van der Waals surface area contributed by atoms with E-state index in [9.17, 15) is 9.59 Å². The standard InChI is InChI=1S/C12H15NO3/c1-9-2-4-10(5-3-9)8-13-11(14)6-7-12(15)16/h2-5H,6-8H2,1H3,(H,13,14)(H,15,16). The van der Waals surface area contributed by atoms with Crippen molar-refractivity contribution in [3.05, 3.63) is 35.4 Å². The highest BCUT2D eigenvalue weighted by Crippen LogP contribution is 2.02. The molecule has 0 aliphatic rings. The summed E-state index contributed by atoms with van der Waals surface area (Å²) in [6.07, 6.45) is -0.0963. The zero-order valence-corrected chi connectivity index (χ0v) is 9.19. The van der Waals surface area contributed by atoms with E-state index in [1.807, 2.05) is 31.2 Å². The van der Waals surface area contributed by atoms with Crippen molar-refractivity contribution in [2.75, 3.05) is 0 Å². The molecule has 0 aliphatic carbocycles. The second-order valence-corrected chi connectivity index (χ2v) is 3.66. The van der Waals surface area contributed by atoms with Gasteiger partial charge in [-0.3, -0.25) is 9.59 Å². The average molecular weight is 221 g/mol. The monoisotopic (exact) mass is 221 g/mol. The van der Waals surface area contributed by atoms with Gasteiger partial charge in [0.25, 0.3) is 0 Å². The van der Waals surface area contributed by atoms with E-state index < -0.39 is 5.97 Å². The molecule has 1 aromatic rings. The molecule has 0 aliphatic heterocycles. The molecule has 0 bridgehead atoms. The fourth-order valence-electron chi connectivity index (χ4n) is 1.22. The molecule has 1 amide bonds. The summed E-state index contributed by atoms with van der Waals surface area (Å²) in [6, 6.07) is 7.82. The van der Waals surface area contributed by atoms with Gasteiger partial charge in [-0.05, 0) is 12.5 Å². The number of carboxylic acid groups (broad SMARTS) is 1. The first-order valence-electron chi connectivity index (χ1n) is 5.12. The van der Waals surface area contributed by atoms with Crippen LogP contribution in [0, 0.1) is 6.92 Å². The molecule has 0 radical (unpaired) electrons. The highest BCUT2D eigenvalue weighted by atomic mass is 16.4. The highest BCUT2D eigenvalue weighted by molar-refractivity contribution is 5.80. The lowest BCUT2D eigenvalue weighted by Crippen LogP contribution is -2.23. The van der Waals surface area contributed by atoms with Gasteiger partial charge in [0.05, 0.1) is 6.42 Å². The van der Waals surface area contributed by atoms with Crippen LogP contribution in [0.3, 0.4) is 0 Å². The molecule has 0 fully saturated rings. The lowest BCUT2D eigenvalue weighted by atomic mass is 10.1. The lowest BCUT2D eigenvalue weighted by molar-refractivity contribution is -0.138. The number of hydrogen-bond acceptors (Lipinski definition) is 2. The number of hydrogen-bond donors (Lipinski definition) is 2. The van der Waals surface area contributed by atoms with E-state index in [1.165, 1.54) is 5.56 Å². The van der Waals surface area contributed by atoms with Crippen molar-refractivity contribution in [1.82, 2.24) is 5.32 Å². The van der Waals surface area contributed by atoms with Crippen LogP contribution in [0.25, 0.3) is 0 Å². The van der Waals surface area contributed by atoms with E-state index in [1.54, 1.807) is 0 Å². The third-order valence-corrected chi connectivity index (χ3v) is 2.18. The summed E-state index contributed by atoms with van der Waals surface area (Å²) >= 11 is 0. The summed E-state index contributed by atoms with van der Waals surface area (Å²) in [5, 5.41) is 11.1. The molecular formula is C12H15NO3. The Hall–Kier alpha value is -1.84. The second-order valence-electron chi connectivity index (χ2n) is 3.66. The van der Waals surface area contributed by atoms with Crippen LogP contribution in [-0.2, 0) is 16.1 Å². The van der Waals surface area contributed by atoms with Gasteiger partial charge in [-0.2, -0.15) is 0 Å². The van der Waals surface area contributed by atoms with Gasteiger partial charge in [0.1, 0.15) is 0 Å². The number of amides is 1. The molecule has 4 heteroatoms. The minimum atomic E-state index is -0.953. The van der Waals surface area contributed by atoms with Gasteiger partial charge in [-0.15, -0.1) is 0 Å². The molecule has 1 aromatic carbocycles. The fraction of sp³-hybridized carbons (Fsp3) is 0.333. The maximum atomic E-state index is 11.2. The molecule has 1 rings (SSSR count). The van der Waals surface area contributed by atoms with E-state index in [0.29, 0.717) is 6.54 Å². The number of nitrogens with one attached hydrogen (secondary N) is 1. The zero-order valence-electron chi connectivity index (χ0n) is 9.19. The van der Waals surface area contributed by atoms with E-state index >= 15 is 0 Å². The zero-order chi connectivity index (χ0) is 12.0. The molecule has 0 spiro atoms. The molecule has 4 nitrogen and oxygen atoms in total. The molecule has 0 saturated carbocycles. The summed E-state index contributed by atoms with van der Waals surface area (Å²) in [6.45, 7) is 2.44. The fourth-order valence-corrected chi connectivity index (χ4v) is 1.22. The summed E-state index contributed by atoms with van der Waals surface area (Å²) in [5.74, 6) is -1.19. The van der Waals surface area contributed by atoms with Crippen LogP contribution < -0.4 is 5.32 Å². The normalized spacial score (nSPS) is 9.81. The van der Waals surface area contributed by atoms with Crippen LogP contribution >= 0.6 is 0 Å². The molecule has 0 unspecified atom stereocenters. The Bertz CT molecular complexity index is 370. The topological polar surface area (TPSA) is 66.4 Å². The van der Waals surface area contributed by atoms with Gasteiger partial charge >= 0.3 is 5.97 Å². The number of carbonyl (C=O) groups is 2. The first-order chi connectivity index (χ1) is 7.58. The van der Waals surface area contributed by atoms with Crippen LogP contribution in [0.2, 0.25) is 0 Å². The maximum absolute atomic E-state index is 11.2. The molecule has 0 saturated heterocycles. The van der Waals surface area contributed by atoms with Crippen molar-refractivity contribution >= 4 is 11.9 Å². The predicted octanol–water partition coefficient (Wildman–Crippen LogP) is 1.48. The maximum Gasteiger partial charge on any atom is 0.303 e. The molecular weight excluding hydrogens is 206 g/mol. The Morgan fingerprint density at radius 2 is 1.81 bits per heavy atom. The summed E-state index contributed by atoms with van der Waals surface area (Å²) in [4.78, 5) is 21.4. The van der Waals surface area contributed by atoms with E-state index in [-0.39, 0.29) is 18.7 Å². The van der Waals surface area contributed by atoms with Crippen molar-refractivity contribution in [2.24, 2.45) is 0 Å². The van der Waals surface area contributed by atoms with Gasteiger partial charge in [0.2, 0.25) is 5.91 Å². The molecule has 2 N–H and O–H groups in total. The van der Waals surface area contributed by atoms with Gasteiger partial charge in [-0.1, -0.05) is 29.8 Å². The molecule has 86 valence electrons. The number of carboxylic acids is 1. The number of benzene rings is 1. The average Bonchev–Trinajstić information content (AvgIpc) is 2.25. The number of aryl methyl sites for hydroxylation is 1. The first-order valence-corrected chi connectivity index (χ1v) is 5.12. The lowest BCUT2D eigenvalue weighted by Gasteiger charge is -2.04. The third-order valence-electron chi connectivity index (χ3n) is 2.18. The van der Waals surface area contributed by atoms with E-state index in [2.05, 4.69) is 5.32 Å². The van der Waals surface area contributed by atoms with Crippen LogP contribution in [0.5, 0.6) is 0 Å². The third kappa shape index (κ3) is 4.59. The molecule has 16 heavy (non-hydrogen) atoms. The van der Waals surface area contributed by atoms with Gasteiger partial charge in [0.15, 0.2) is 0 Å². The van der Waals surface area contributed by atoms with Crippen molar-refractivity contribution in [1.29, 1.82) is 0 Å². The van der Waals surface area contributed by atoms with Crippen molar-refractivity contribution < 1.29 is 14.7 Å². The molecule has 0 atom stereocenters. The Labute approximate surface area is 94.3 Å². The van der Waals surface area contributed by atoms with Gasteiger partial charge < -0.3 is 10.4 Å². The molecule has 0 aromatic heterocycles. The molecule has 0 heterocycles. The van der Waals surface area contributed by atoms with Crippen molar-refractivity contribution in [3.8, 4) is 0 Å². The number of aliphatic carboxylic acids is 1. The summed E-state index contributed by atoms with van der Waals surface area (Å²) in [7, 11) is 0. The van der Waals surface area contributed by atoms with Crippen LogP contribution in [0.15, 0.2) is 24.3 Å². The minimum Gasteiger partial charge on any atom is -0.481 e. The van der Waals surface area contributed by atoms with Crippen LogP contribution in [0.4, 0.5) is 0 Å². The Kier molecular flexibility index (Phi) is 4.51. The quantitative estimate of drug-likeness (QED) is 0.791. The van der Waals surface area contributed by atoms with E-state index in [0.717, 1.165) is 5.56 Å². The predicted molar refractivity (Wildman–Crippen MR) is 59.9 cm³/mol. The second kappa shape index (κ2) is 5.90. The Balaban J connectivity index is 2.31. The van der Waals surface area contributed by atoms with Crippen LogP contribution in [0.1, 0.15) is 24.0 Å². The van der Waals surface area contributed by atoms with Crippen molar-refractivity contribution in [3.63, 3.8) is 0 Å². The van der Waals surface area contributed by atoms with E-state index in [4.69, 9.17) is 5.11 Å². The Morgan fingerprint density at radius 1 is 1.19 bits per heavy atom. The van der Waals surface area contributed by atoms with Crippen molar-refractivity contribution in [2.45, 2.75) is 26.3 Å². The largest absolute Gasteiger partial charge is 0.481 e. The van der Waals surface area contributed by atoms with Crippen LogP contribution in [-0.4, -0.2) is 17.0 Å². The summed E-state index contributed by atoms with van der Waals surface area (Å²) in [5.41, 5.74) is 2.18. The minimum absolute atomic E-state index is 0.0290. The van der Waals surface area contributed by atoms with Gasteiger partial charge in [0, 0.05) is 13.0 Å². The van der Waals surface area contributed by atoms with Gasteiger partial charge in [-0.25, -0.2) is 0 Å². The summed E-state index contributed by atoms with van der Waals surface area (Å²) < 4.78 is 0. The smallest absolute Gasteiger partial charge is 0.303 e. The number of rotatable bonds is 5. The number of carbonyl (C=O) groups excluding carboxylic acids is 1.